The van der Waals surface area contributed by atoms with Crippen LogP contribution in [0.3, 0.4) is 0 Å². The fraction of sp³-hybridized carbons (Fsp3) is 0.130. The molecule has 0 aliphatic carbocycles. The van der Waals surface area contributed by atoms with E-state index >= 15 is 0 Å². The van der Waals surface area contributed by atoms with Crippen molar-refractivity contribution in [2.75, 3.05) is 0 Å². The molecule has 0 atom stereocenters. The molecule has 0 amide bonds. The van der Waals surface area contributed by atoms with Crippen LogP contribution in [0.4, 0.5) is 0 Å². The predicted molar refractivity (Wildman–Crippen MR) is 217 cm³/mol. The fourth-order valence-electron chi connectivity index (χ4n) is 7.01. The van der Waals surface area contributed by atoms with Gasteiger partial charge in [0, 0.05) is 4.47 Å². The number of hydrogen-bond acceptors (Lipinski definition) is 2. The van der Waals surface area contributed by atoms with E-state index in [1.165, 1.54) is 69.8 Å². The molecule has 8 aromatic carbocycles. The van der Waals surface area contributed by atoms with Gasteiger partial charge in [-0.2, -0.15) is 0 Å². The minimum atomic E-state index is -0.314. The van der Waals surface area contributed by atoms with Crippen LogP contribution in [0.2, 0.25) is 0 Å². The van der Waals surface area contributed by atoms with Gasteiger partial charge >= 0.3 is 7.12 Å². The molecule has 0 aromatic heterocycles. The van der Waals surface area contributed by atoms with Crippen molar-refractivity contribution in [3.63, 3.8) is 0 Å². The highest BCUT2D eigenvalue weighted by Crippen LogP contribution is 2.42. The third-order valence-electron chi connectivity index (χ3n) is 10.4. The highest BCUT2D eigenvalue weighted by Gasteiger charge is 2.51. The zero-order chi connectivity index (χ0) is 34.5. The van der Waals surface area contributed by atoms with Gasteiger partial charge in [-0.15, -0.1) is 0 Å². The lowest BCUT2D eigenvalue weighted by Crippen LogP contribution is -2.41. The zero-order valence-corrected chi connectivity index (χ0v) is 30.4. The summed E-state index contributed by atoms with van der Waals surface area (Å²) in [7, 11) is -0.313. The first-order chi connectivity index (χ1) is 24.2. The third-order valence-corrected chi connectivity index (χ3v) is 11.3. The maximum Gasteiger partial charge on any atom is 0.494 e. The summed E-state index contributed by atoms with van der Waals surface area (Å²) in [6, 6.07) is 56.0. The monoisotopic (exact) mass is 712 g/mol. The second-order valence-corrected chi connectivity index (χ2v) is 14.9. The number of hydrogen-bond donors (Lipinski definition) is 0. The highest BCUT2D eigenvalue weighted by atomic mass is 79.9. The summed E-state index contributed by atoms with van der Waals surface area (Å²) in [6.45, 7) is 8.32. The van der Waals surface area contributed by atoms with E-state index in [0.717, 1.165) is 5.46 Å². The standard InChI is InChI=1S/C24H15Br.C22H23BO2/c25-24-21-11-5-3-9-19(21)23(20-10-4-6-12-22(20)24)18-14-13-16-7-1-2-8-17(16)15-18;1-21(2)22(3,4)25-23(24-21)18-14-12-17(13-15-18)20-11-7-9-16-8-5-6-10-19(16)20/h1-15H;5-15H,1-4H3. The smallest absolute Gasteiger partial charge is 0.399 e. The van der Waals surface area contributed by atoms with Gasteiger partial charge in [-0.25, -0.2) is 0 Å². The summed E-state index contributed by atoms with van der Waals surface area (Å²) >= 11 is 3.83. The van der Waals surface area contributed by atoms with E-state index in [2.05, 4.69) is 201 Å². The van der Waals surface area contributed by atoms with E-state index in [9.17, 15) is 0 Å². The first kappa shape index (κ1) is 32.5. The van der Waals surface area contributed by atoms with Crippen LogP contribution in [0, 0.1) is 0 Å². The number of halogens is 1. The van der Waals surface area contributed by atoms with E-state index in [0.29, 0.717) is 0 Å². The molecule has 2 nitrogen and oxygen atoms in total. The van der Waals surface area contributed by atoms with Crippen LogP contribution in [-0.4, -0.2) is 18.3 Å². The maximum absolute atomic E-state index is 6.14. The molecule has 50 heavy (non-hydrogen) atoms. The molecule has 0 saturated carbocycles. The topological polar surface area (TPSA) is 18.5 Å². The van der Waals surface area contributed by atoms with Crippen LogP contribution >= 0.6 is 15.9 Å². The summed E-state index contributed by atoms with van der Waals surface area (Å²) < 4.78 is 13.5. The van der Waals surface area contributed by atoms with Crippen molar-refractivity contribution in [2.45, 2.75) is 38.9 Å². The molecule has 0 spiro atoms. The average molecular weight is 714 g/mol. The van der Waals surface area contributed by atoms with E-state index in [-0.39, 0.29) is 18.3 Å². The summed E-state index contributed by atoms with van der Waals surface area (Å²) in [5.41, 5.74) is 5.45. The molecule has 9 rings (SSSR count). The highest BCUT2D eigenvalue weighted by molar-refractivity contribution is 9.10. The number of fused-ring (bicyclic) bond motifs is 4. The van der Waals surface area contributed by atoms with Gasteiger partial charge < -0.3 is 9.31 Å². The lowest BCUT2D eigenvalue weighted by Gasteiger charge is -2.32. The fourth-order valence-corrected chi connectivity index (χ4v) is 7.70. The maximum atomic E-state index is 6.14. The Kier molecular flexibility index (Phi) is 8.35. The molecule has 1 aliphatic rings. The minimum absolute atomic E-state index is 0.313. The van der Waals surface area contributed by atoms with Gasteiger partial charge in [-0.05, 0) is 120 Å². The minimum Gasteiger partial charge on any atom is -0.399 e. The Morgan fingerprint density at radius 1 is 0.440 bits per heavy atom. The van der Waals surface area contributed by atoms with Crippen LogP contribution in [0.15, 0.2) is 162 Å². The number of rotatable bonds is 3. The molecule has 4 heteroatoms. The largest absolute Gasteiger partial charge is 0.494 e. The van der Waals surface area contributed by atoms with Crippen molar-refractivity contribution in [2.24, 2.45) is 0 Å². The van der Waals surface area contributed by atoms with Crippen molar-refractivity contribution in [3.05, 3.63) is 162 Å². The van der Waals surface area contributed by atoms with Gasteiger partial charge in [0.15, 0.2) is 0 Å². The van der Waals surface area contributed by atoms with Gasteiger partial charge in [0.2, 0.25) is 0 Å². The van der Waals surface area contributed by atoms with Crippen molar-refractivity contribution in [1.29, 1.82) is 0 Å². The molecule has 0 radical (unpaired) electrons. The molecule has 244 valence electrons. The van der Waals surface area contributed by atoms with Crippen molar-refractivity contribution in [3.8, 4) is 22.3 Å². The molecule has 0 unspecified atom stereocenters. The van der Waals surface area contributed by atoms with Gasteiger partial charge in [-0.1, -0.05) is 152 Å². The Morgan fingerprint density at radius 2 is 0.920 bits per heavy atom. The number of benzene rings is 8. The van der Waals surface area contributed by atoms with Gasteiger partial charge in [0.1, 0.15) is 0 Å². The Hall–Kier alpha value is -4.74. The molecular formula is C46H38BBrO2. The third kappa shape index (κ3) is 5.82. The summed E-state index contributed by atoms with van der Waals surface area (Å²) in [6.07, 6.45) is 0. The summed E-state index contributed by atoms with van der Waals surface area (Å²) in [4.78, 5) is 0. The first-order valence-corrected chi connectivity index (χ1v) is 18.0. The summed E-state index contributed by atoms with van der Waals surface area (Å²) in [5, 5.41) is 10.1. The van der Waals surface area contributed by atoms with E-state index in [1.807, 2.05) is 0 Å². The van der Waals surface area contributed by atoms with Crippen molar-refractivity contribution >= 4 is 71.6 Å². The van der Waals surface area contributed by atoms with Crippen LogP contribution in [-0.2, 0) is 9.31 Å². The average Bonchev–Trinajstić information content (AvgIpc) is 3.37. The van der Waals surface area contributed by atoms with Gasteiger partial charge in [0.05, 0.1) is 11.2 Å². The van der Waals surface area contributed by atoms with E-state index in [4.69, 9.17) is 9.31 Å². The SMILES string of the molecule is Brc1c2ccccc2c(-c2ccc3ccccc3c2)c2ccccc12.CC1(C)OB(c2ccc(-c3cccc4ccccc34)cc2)OC1(C)C. The molecule has 0 bridgehead atoms. The predicted octanol–water partition coefficient (Wildman–Crippen LogP) is 12.4. The first-order valence-electron chi connectivity index (χ1n) is 17.2. The molecule has 1 saturated heterocycles. The Bertz CT molecular complexity index is 2440. The van der Waals surface area contributed by atoms with E-state index in [1.54, 1.807) is 0 Å². The molecule has 8 aromatic rings. The van der Waals surface area contributed by atoms with Crippen LogP contribution in [0.25, 0.3) is 65.3 Å². The quantitative estimate of drug-likeness (QED) is 0.134. The second-order valence-electron chi connectivity index (χ2n) is 14.1. The second kappa shape index (κ2) is 12.9. The molecule has 0 N–H and O–H groups in total. The van der Waals surface area contributed by atoms with E-state index < -0.39 is 0 Å². The summed E-state index contributed by atoms with van der Waals surface area (Å²) in [5.74, 6) is 0. The van der Waals surface area contributed by atoms with Crippen LogP contribution < -0.4 is 5.46 Å². The lowest BCUT2D eigenvalue weighted by molar-refractivity contribution is 0.00578. The Labute approximate surface area is 303 Å². The Morgan fingerprint density at radius 3 is 1.54 bits per heavy atom. The molecule has 1 fully saturated rings. The molecular weight excluding hydrogens is 675 g/mol. The normalized spacial score (nSPS) is 15.0. The molecule has 1 aliphatic heterocycles. The van der Waals surface area contributed by atoms with Crippen molar-refractivity contribution < 1.29 is 9.31 Å². The van der Waals surface area contributed by atoms with Crippen LogP contribution in [0.5, 0.6) is 0 Å². The van der Waals surface area contributed by atoms with Crippen molar-refractivity contribution in [1.82, 2.24) is 0 Å². The molecule has 1 heterocycles. The zero-order valence-electron chi connectivity index (χ0n) is 28.8. The van der Waals surface area contributed by atoms with Crippen LogP contribution in [0.1, 0.15) is 27.7 Å². The van der Waals surface area contributed by atoms with Gasteiger partial charge in [0.25, 0.3) is 0 Å². The Balaban J connectivity index is 0.000000144. The lowest BCUT2D eigenvalue weighted by atomic mass is 9.78. The van der Waals surface area contributed by atoms with Gasteiger partial charge in [-0.3, -0.25) is 0 Å².